The van der Waals surface area contributed by atoms with E-state index in [2.05, 4.69) is 10.2 Å². The highest BCUT2D eigenvalue weighted by molar-refractivity contribution is 7.89. The van der Waals surface area contributed by atoms with Gasteiger partial charge in [0.25, 0.3) is 15.9 Å². The van der Waals surface area contributed by atoms with E-state index in [0.29, 0.717) is 5.56 Å². The van der Waals surface area contributed by atoms with Crippen molar-refractivity contribution in [3.63, 3.8) is 0 Å². The first-order valence-electron chi connectivity index (χ1n) is 10.9. The van der Waals surface area contributed by atoms with Crippen molar-refractivity contribution in [1.82, 2.24) is 19.4 Å². The van der Waals surface area contributed by atoms with Crippen molar-refractivity contribution in [2.75, 3.05) is 20.8 Å². The first-order valence-corrected chi connectivity index (χ1v) is 12.7. The van der Waals surface area contributed by atoms with E-state index in [1.54, 1.807) is 26.8 Å². The van der Waals surface area contributed by atoms with Gasteiger partial charge in [0.05, 0.1) is 5.56 Å². The van der Waals surface area contributed by atoms with Crippen molar-refractivity contribution < 1.29 is 26.8 Å². The number of benzene rings is 2. The van der Waals surface area contributed by atoms with Crippen LogP contribution in [0.15, 0.2) is 38.4 Å². The number of hydrogen-bond donors (Lipinski definition) is 1. The van der Waals surface area contributed by atoms with Crippen LogP contribution in [-0.2, 0) is 10.0 Å². The molecule has 0 fully saturated rings. The van der Waals surface area contributed by atoms with Gasteiger partial charge in [0.15, 0.2) is 6.73 Å². The lowest BCUT2D eigenvalue weighted by Gasteiger charge is -2.36. The third kappa shape index (κ3) is 4.29. The Bertz CT molecular complexity index is 1520. The van der Waals surface area contributed by atoms with Crippen LogP contribution in [0, 0.1) is 19.7 Å². The zero-order valence-electron chi connectivity index (χ0n) is 20.1. The van der Waals surface area contributed by atoms with Crippen LogP contribution in [0.3, 0.4) is 0 Å². The lowest BCUT2D eigenvalue weighted by molar-refractivity contribution is 0.0817. The molecular formula is C23H24ClFN4O6S. The van der Waals surface area contributed by atoms with Crippen molar-refractivity contribution in [3.8, 4) is 5.75 Å². The molecule has 1 N–H and O–H groups in total. The Balaban J connectivity index is 1.94. The summed E-state index contributed by atoms with van der Waals surface area (Å²) in [5.74, 6) is -3.33. The molecule has 0 spiro atoms. The topological polar surface area (TPSA) is 126 Å². The molecule has 0 radical (unpaired) electrons. The van der Waals surface area contributed by atoms with Crippen molar-refractivity contribution in [2.24, 2.45) is 0 Å². The van der Waals surface area contributed by atoms with Crippen LogP contribution in [-0.4, -0.2) is 54.6 Å². The number of carbonyl (C=O) groups excluding carboxylic acids is 1. The zero-order chi connectivity index (χ0) is 26.5. The second-order valence-electron chi connectivity index (χ2n) is 8.73. The molecule has 0 unspecified atom stereocenters. The van der Waals surface area contributed by atoms with Gasteiger partial charge in [-0.2, -0.15) is 0 Å². The number of nitrogens with zero attached hydrogens (tertiary/aromatic N) is 3. The fourth-order valence-electron chi connectivity index (χ4n) is 4.37. The summed E-state index contributed by atoms with van der Waals surface area (Å²) in [4.78, 5) is 25.5. The molecule has 2 atom stereocenters. The van der Waals surface area contributed by atoms with Crippen molar-refractivity contribution in [2.45, 2.75) is 37.6 Å². The number of carbonyl (C=O) groups is 1. The quantitative estimate of drug-likeness (QED) is 0.528. The molecule has 2 aromatic carbocycles. The first kappa shape index (κ1) is 25.9. The van der Waals surface area contributed by atoms with Gasteiger partial charge in [-0.25, -0.2) is 22.7 Å². The number of halogens is 2. The lowest BCUT2D eigenvalue weighted by Crippen LogP contribution is -2.44. The summed E-state index contributed by atoms with van der Waals surface area (Å²) in [6, 6.07) is 4.15. The maximum Gasteiger partial charge on any atom is 0.434 e. The van der Waals surface area contributed by atoms with Crippen LogP contribution in [0.1, 0.15) is 51.8 Å². The Kier molecular flexibility index (Phi) is 6.71. The molecule has 4 rings (SSSR count). The molecule has 2 heterocycles. The normalized spacial score (nSPS) is 16.6. The fraction of sp³-hybridized carbons (Fsp3) is 0.348. The molecule has 1 amide bonds. The minimum absolute atomic E-state index is 0.100. The van der Waals surface area contributed by atoms with E-state index < -0.39 is 51.1 Å². The fourth-order valence-corrected chi connectivity index (χ4v) is 6.37. The number of ether oxygens (including phenoxy) is 1. The summed E-state index contributed by atoms with van der Waals surface area (Å²) in [7, 11) is -1.53. The van der Waals surface area contributed by atoms with E-state index in [1.165, 1.54) is 37.2 Å². The second-order valence-corrected chi connectivity index (χ2v) is 11.0. The number of amides is 1. The van der Waals surface area contributed by atoms with Gasteiger partial charge in [0.2, 0.25) is 5.89 Å². The van der Waals surface area contributed by atoms with E-state index in [1.807, 2.05) is 0 Å². The van der Waals surface area contributed by atoms with E-state index in [9.17, 15) is 18.0 Å². The number of hydrogen-bond acceptors (Lipinski definition) is 7. The second kappa shape index (κ2) is 9.34. The van der Waals surface area contributed by atoms with E-state index in [0.717, 1.165) is 9.87 Å². The molecular weight excluding hydrogens is 515 g/mol. The summed E-state index contributed by atoms with van der Waals surface area (Å²) in [6.45, 7) is 4.59. The lowest BCUT2D eigenvalue weighted by atomic mass is 9.87. The molecule has 13 heteroatoms. The molecule has 0 saturated carbocycles. The highest BCUT2D eigenvalue weighted by Crippen LogP contribution is 2.45. The minimum atomic E-state index is -4.47. The van der Waals surface area contributed by atoms with E-state index >= 15 is 4.39 Å². The number of fused-ring (bicyclic) bond motifs is 1. The molecule has 36 heavy (non-hydrogen) atoms. The Hall–Kier alpha value is -3.22. The first-order chi connectivity index (χ1) is 16.8. The van der Waals surface area contributed by atoms with Crippen molar-refractivity contribution in [3.05, 3.63) is 73.8 Å². The van der Waals surface area contributed by atoms with Crippen molar-refractivity contribution in [1.29, 1.82) is 0 Å². The maximum atomic E-state index is 15.1. The number of H-pyrrole nitrogens is 1. The predicted molar refractivity (Wildman–Crippen MR) is 128 cm³/mol. The van der Waals surface area contributed by atoms with Crippen LogP contribution >= 0.6 is 11.6 Å². The number of aromatic amines is 1. The van der Waals surface area contributed by atoms with Gasteiger partial charge < -0.3 is 14.1 Å². The number of nitrogens with one attached hydrogen (secondary N) is 1. The smallest absolute Gasteiger partial charge is 0.434 e. The molecule has 10 nitrogen and oxygen atoms in total. The molecule has 1 aliphatic heterocycles. The number of rotatable bonds is 5. The van der Waals surface area contributed by atoms with Gasteiger partial charge in [0.1, 0.15) is 22.5 Å². The molecule has 192 valence electrons. The maximum absolute atomic E-state index is 15.1. The summed E-state index contributed by atoms with van der Waals surface area (Å²) in [6.07, 6.45) is 0. The van der Waals surface area contributed by atoms with Gasteiger partial charge in [-0.3, -0.25) is 4.79 Å². The van der Waals surface area contributed by atoms with Crippen LogP contribution in [0.2, 0.25) is 5.02 Å². The van der Waals surface area contributed by atoms with Crippen molar-refractivity contribution >= 4 is 27.5 Å². The highest BCUT2D eigenvalue weighted by atomic mass is 35.5. The largest absolute Gasteiger partial charge is 0.476 e. The molecule has 1 aromatic heterocycles. The Morgan fingerprint density at radius 3 is 2.58 bits per heavy atom. The summed E-state index contributed by atoms with van der Waals surface area (Å²) in [5, 5.41) is 6.10. The number of aryl methyl sites for hydroxylation is 1. The molecule has 0 aliphatic carbocycles. The Labute approximate surface area is 211 Å². The number of sulfonamides is 1. The zero-order valence-corrected chi connectivity index (χ0v) is 21.7. The monoisotopic (exact) mass is 538 g/mol. The van der Waals surface area contributed by atoms with Gasteiger partial charge >= 0.3 is 5.76 Å². The van der Waals surface area contributed by atoms with E-state index in [4.69, 9.17) is 20.8 Å². The van der Waals surface area contributed by atoms with Gasteiger partial charge in [-0.1, -0.05) is 24.6 Å². The van der Waals surface area contributed by atoms with Crippen LogP contribution in [0.25, 0.3) is 0 Å². The molecule has 0 bridgehead atoms. The van der Waals surface area contributed by atoms with Gasteiger partial charge in [0, 0.05) is 31.1 Å². The van der Waals surface area contributed by atoms with Crippen LogP contribution in [0.5, 0.6) is 5.75 Å². The average molecular weight is 539 g/mol. The average Bonchev–Trinajstić information content (AvgIpc) is 3.22. The molecule has 0 saturated heterocycles. The molecule has 1 aliphatic rings. The third-order valence-electron chi connectivity index (χ3n) is 6.25. The minimum Gasteiger partial charge on any atom is -0.476 e. The van der Waals surface area contributed by atoms with E-state index in [-0.39, 0.29) is 27.8 Å². The predicted octanol–water partition coefficient (Wildman–Crippen LogP) is 3.36. The van der Waals surface area contributed by atoms with Crippen LogP contribution in [0.4, 0.5) is 4.39 Å². The standard InChI is InChI=1S/C23H24ClFN4O6S/c1-11-6-7-16(25)18(12(11)2)13(3)19(21-26-27-23(31)35-21)29-10-34-17-9-14(24)8-15(22(30)28(4)5)20(17)36(29,32)33/h6-9,13,19H,10H2,1-5H3,(H,27,31)/t13-,19+/m1/s1. The summed E-state index contributed by atoms with van der Waals surface area (Å²) >= 11 is 6.14. The Morgan fingerprint density at radius 1 is 1.28 bits per heavy atom. The van der Waals surface area contributed by atoms with Gasteiger partial charge in [-0.15, -0.1) is 9.40 Å². The molecule has 3 aromatic rings. The summed E-state index contributed by atoms with van der Waals surface area (Å²) < 4.78 is 55.0. The number of aromatic nitrogens is 2. The third-order valence-corrected chi connectivity index (χ3v) is 8.35. The Morgan fingerprint density at radius 2 is 1.97 bits per heavy atom. The SMILES string of the molecule is Cc1ccc(F)c([C@@H](C)[C@@H](c2n[nH]c(=O)o2)N2COc3cc(Cl)cc(C(=O)N(C)C)c3S2(=O)=O)c1C. The highest BCUT2D eigenvalue weighted by Gasteiger charge is 2.46. The summed E-state index contributed by atoms with van der Waals surface area (Å²) in [5.41, 5.74) is 1.43. The van der Waals surface area contributed by atoms with Gasteiger partial charge in [-0.05, 0) is 42.7 Å². The van der Waals surface area contributed by atoms with Crippen LogP contribution < -0.4 is 10.5 Å².